The molecule has 1 aliphatic rings. The maximum absolute atomic E-state index is 6.13. The molecule has 0 bridgehead atoms. The molecule has 0 aliphatic heterocycles. The normalized spacial score (nSPS) is 20.2. The van der Waals surface area contributed by atoms with Gasteiger partial charge < -0.3 is 5.73 Å². The number of aromatic nitrogens is 1. The van der Waals surface area contributed by atoms with E-state index in [9.17, 15) is 0 Å². The van der Waals surface area contributed by atoms with Crippen LogP contribution in [0.1, 0.15) is 25.0 Å². The highest BCUT2D eigenvalue weighted by Crippen LogP contribution is 2.40. The van der Waals surface area contributed by atoms with E-state index in [1.807, 2.05) is 12.1 Å². The Bertz CT molecular complexity index is 294. The second kappa shape index (κ2) is 2.82. The van der Waals surface area contributed by atoms with Gasteiger partial charge in [0.25, 0.3) is 0 Å². The van der Waals surface area contributed by atoms with E-state index in [2.05, 4.69) is 20.9 Å². The van der Waals surface area contributed by atoms with Gasteiger partial charge in [0.15, 0.2) is 0 Å². The first-order chi connectivity index (χ1) is 5.72. The fourth-order valence-corrected chi connectivity index (χ4v) is 2.20. The lowest BCUT2D eigenvalue weighted by atomic mass is 9.75. The molecule has 2 nitrogen and oxygen atoms in total. The van der Waals surface area contributed by atoms with Gasteiger partial charge in [0.05, 0.1) is 11.2 Å². The van der Waals surface area contributed by atoms with Crippen molar-refractivity contribution in [2.45, 2.75) is 24.8 Å². The van der Waals surface area contributed by atoms with Crippen LogP contribution in [-0.4, -0.2) is 4.98 Å². The SMILES string of the molecule is NC1(c2ncccc2Br)CCC1. The Balaban J connectivity index is 2.39. The Labute approximate surface area is 80.3 Å². The van der Waals surface area contributed by atoms with Crippen molar-refractivity contribution in [3.63, 3.8) is 0 Å². The molecule has 12 heavy (non-hydrogen) atoms. The fraction of sp³-hybridized carbons (Fsp3) is 0.444. The quantitative estimate of drug-likeness (QED) is 0.798. The summed E-state index contributed by atoms with van der Waals surface area (Å²) in [4.78, 5) is 4.30. The molecule has 1 fully saturated rings. The topological polar surface area (TPSA) is 38.9 Å². The minimum Gasteiger partial charge on any atom is -0.320 e. The molecule has 1 aliphatic carbocycles. The molecule has 1 aromatic heterocycles. The van der Waals surface area contributed by atoms with E-state index in [1.54, 1.807) is 6.20 Å². The number of hydrogen-bond acceptors (Lipinski definition) is 2. The van der Waals surface area contributed by atoms with Gasteiger partial charge in [0.2, 0.25) is 0 Å². The summed E-state index contributed by atoms with van der Waals surface area (Å²) in [6.07, 6.45) is 5.14. The number of nitrogens with two attached hydrogens (primary N) is 1. The van der Waals surface area contributed by atoms with Crippen LogP contribution in [0.5, 0.6) is 0 Å². The first kappa shape index (κ1) is 8.20. The van der Waals surface area contributed by atoms with Gasteiger partial charge in [0.1, 0.15) is 0 Å². The van der Waals surface area contributed by atoms with Gasteiger partial charge in [-0.05, 0) is 47.3 Å². The molecule has 0 radical (unpaired) electrons. The van der Waals surface area contributed by atoms with Crippen LogP contribution in [0.2, 0.25) is 0 Å². The smallest absolute Gasteiger partial charge is 0.0744 e. The van der Waals surface area contributed by atoms with Gasteiger partial charge in [-0.3, -0.25) is 4.98 Å². The highest BCUT2D eigenvalue weighted by molar-refractivity contribution is 9.10. The molecule has 2 N–H and O–H groups in total. The average Bonchev–Trinajstić information content (AvgIpc) is 2.01. The van der Waals surface area contributed by atoms with Gasteiger partial charge >= 0.3 is 0 Å². The van der Waals surface area contributed by atoms with Crippen molar-refractivity contribution in [3.05, 3.63) is 28.5 Å². The van der Waals surface area contributed by atoms with Gasteiger partial charge in [0, 0.05) is 10.7 Å². The highest BCUT2D eigenvalue weighted by Gasteiger charge is 2.36. The minimum atomic E-state index is -0.153. The molecular weight excluding hydrogens is 216 g/mol. The molecule has 2 rings (SSSR count). The number of pyridine rings is 1. The monoisotopic (exact) mass is 226 g/mol. The van der Waals surface area contributed by atoms with Gasteiger partial charge in [-0.15, -0.1) is 0 Å². The molecule has 64 valence electrons. The standard InChI is InChI=1S/C9H11BrN2/c10-7-3-1-6-12-8(7)9(11)4-2-5-9/h1,3,6H,2,4-5,11H2. The molecule has 1 aromatic rings. The van der Waals surface area contributed by atoms with E-state index in [-0.39, 0.29) is 5.54 Å². The molecule has 0 aromatic carbocycles. The number of nitrogens with zero attached hydrogens (tertiary/aromatic N) is 1. The van der Waals surface area contributed by atoms with Crippen LogP contribution in [0, 0.1) is 0 Å². The van der Waals surface area contributed by atoms with Crippen molar-refractivity contribution in [3.8, 4) is 0 Å². The van der Waals surface area contributed by atoms with Crippen molar-refractivity contribution < 1.29 is 0 Å². The van der Waals surface area contributed by atoms with Crippen LogP contribution in [0.15, 0.2) is 22.8 Å². The second-order valence-corrected chi connectivity index (χ2v) is 4.20. The van der Waals surface area contributed by atoms with E-state index in [4.69, 9.17) is 5.73 Å². The van der Waals surface area contributed by atoms with Crippen molar-refractivity contribution in [2.24, 2.45) is 5.73 Å². The van der Waals surface area contributed by atoms with Crippen LogP contribution in [-0.2, 0) is 5.54 Å². The zero-order valence-electron chi connectivity index (χ0n) is 6.76. The van der Waals surface area contributed by atoms with Crippen molar-refractivity contribution in [1.29, 1.82) is 0 Å². The maximum atomic E-state index is 6.13. The predicted octanol–water partition coefficient (Wildman–Crippen LogP) is 2.18. The van der Waals surface area contributed by atoms with E-state index < -0.39 is 0 Å². The average molecular weight is 227 g/mol. The summed E-state index contributed by atoms with van der Waals surface area (Å²) in [6, 6.07) is 3.91. The van der Waals surface area contributed by atoms with Gasteiger partial charge in [-0.25, -0.2) is 0 Å². The summed E-state index contributed by atoms with van der Waals surface area (Å²) in [5.41, 5.74) is 6.99. The molecule has 0 spiro atoms. The second-order valence-electron chi connectivity index (χ2n) is 3.34. The first-order valence-electron chi connectivity index (χ1n) is 4.12. The summed E-state index contributed by atoms with van der Waals surface area (Å²) >= 11 is 3.46. The van der Waals surface area contributed by atoms with Gasteiger partial charge in [-0.1, -0.05) is 0 Å². The Hall–Kier alpha value is -0.410. The zero-order chi connectivity index (χ0) is 8.60. The third-order valence-corrected chi connectivity index (χ3v) is 3.12. The van der Waals surface area contributed by atoms with Crippen LogP contribution >= 0.6 is 15.9 Å². The predicted molar refractivity (Wildman–Crippen MR) is 51.7 cm³/mol. The Morgan fingerprint density at radius 1 is 1.50 bits per heavy atom. The number of rotatable bonds is 1. The Morgan fingerprint density at radius 2 is 2.25 bits per heavy atom. The van der Waals surface area contributed by atoms with E-state index in [0.29, 0.717) is 0 Å². The summed E-state index contributed by atoms with van der Waals surface area (Å²) < 4.78 is 1.03. The molecule has 0 amide bonds. The zero-order valence-corrected chi connectivity index (χ0v) is 8.34. The number of hydrogen-bond donors (Lipinski definition) is 1. The van der Waals surface area contributed by atoms with Crippen molar-refractivity contribution in [2.75, 3.05) is 0 Å². The third-order valence-electron chi connectivity index (χ3n) is 2.48. The largest absolute Gasteiger partial charge is 0.320 e. The van der Waals surface area contributed by atoms with Crippen LogP contribution in [0.25, 0.3) is 0 Å². The summed E-state index contributed by atoms with van der Waals surface area (Å²) in [5.74, 6) is 0. The van der Waals surface area contributed by atoms with Crippen LogP contribution in [0.3, 0.4) is 0 Å². The highest BCUT2D eigenvalue weighted by atomic mass is 79.9. The molecule has 0 atom stereocenters. The van der Waals surface area contributed by atoms with Crippen molar-refractivity contribution >= 4 is 15.9 Å². The summed E-state index contributed by atoms with van der Waals surface area (Å²) in [5, 5.41) is 0. The van der Waals surface area contributed by atoms with Crippen molar-refractivity contribution in [1.82, 2.24) is 4.98 Å². The lowest BCUT2D eigenvalue weighted by Crippen LogP contribution is -2.44. The molecule has 3 heteroatoms. The number of halogens is 1. The minimum absolute atomic E-state index is 0.153. The fourth-order valence-electron chi connectivity index (χ4n) is 1.55. The molecule has 0 unspecified atom stereocenters. The van der Waals surface area contributed by atoms with Gasteiger partial charge in [-0.2, -0.15) is 0 Å². The summed E-state index contributed by atoms with van der Waals surface area (Å²) in [7, 11) is 0. The lowest BCUT2D eigenvalue weighted by Gasteiger charge is -2.37. The molecule has 0 saturated heterocycles. The molecular formula is C9H11BrN2. The maximum Gasteiger partial charge on any atom is 0.0744 e. The molecule has 1 saturated carbocycles. The van der Waals surface area contributed by atoms with E-state index in [0.717, 1.165) is 23.0 Å². The Kier molecular flexibility index (Phi) is 1.93. The van der Waals surface area contributed by atoms with Crippen LogP contribution in [0.4, 0.5) is 0 Å². The lowest BCUT2D eigenvalue weighted by molar-refractivity contribution is 0.245. The third kappa shape index (κ3) is 1.17. The summed E-state index contributed by atoms with van der Waals surface area (Å²) in [6.45, 7) is 0. The van der Waals surface area contributed by atoms with Crippen LogP contribution < -0.4 is 5.73 Å². The van der Waals surface area contributed by atoms with E-state index in [1.165, 1.54) is 6.42 Å². The Morgan fingerprint density at radius 3 is 2.75 bits per heavy atom. The molecule has 1 heterocycles. The van der Waals surface area contributed by atoms with E-state index >= 15 is 0 Å². The first-order valence-corrected chi connectivity index (χ1v) is 4.91.